The summed E-state index contributed by atoms with van der Waals surface area (Å²) in [6.45, 7) is 0. The average Bonchev–Trinajstić information content (AvgIpc) is 2.59. The number of halogens is 2. The molecule has 0 aliphatic rings. The topological polar surface area (TPSA) is 66.1 Å². The van der Waals surface area contributed by atoms with Crippen molar-refractivity contribution in [3.05, 3.63) is 87.7 Å². The van der Waals surface area contributed by atoms with E-state index in [1.54, 1.807) is 6.07 Å². The van der Waals surface area contributed by atoms with Crippen molar-refractivity contribution in [1.29, 1.82) is 5.41 Å². The van der Waals surface area contributed by atoms with Crippen LogP contribution in [-0.2, 0) is 7.05 Å². The SMILES string of the molecule is Cn1c(-c2ccc(F)cc2)cc(O)c(C(=N)c2ccccc2F)c1=O. The smallest absolute Gasteiger partial charge is 0.264 e. The first kappa shape index (κ1) is 16.6. The van der Waals surface area contributed by atoms with Gasteiger partial charge in [0, 0.05) is 18.7 Å². The molecule has 0 aliphatic carbocycles. The van der Waals surface area contributed by atoms with Crippen LogP contribution in [0.2, 0.25) is 0 Å². The van der Waals surface area contributed by atoms with Crippen LogP contribution in [0, 0.1) is 17.0 Å². The van der Waals surface area contributed by atoms with Crippen LogP contribution in [0.4, 0.5) is 8.78 Å². The Morgan fingerprint density at radius 2 is 1.72 bits per heavy atom. The minimum Gasteiger partial charge on any atom is -0.507 e. The van der Waals surface area contributed by atoms with E-state index in [4.69, 9.17) is 5.41 Å². The van der Waals surface area contributed by atoms with Crippen molar-refractivity contribution in [2.24, 2.45) is 7.05 Å². The third kappa shape index (κ3) is 2.94. The van der Waals surface area contributed by atoms with Gasteiger partial charge in [0.25, 0.3) is 5.56 Å². The van der Waals surface area contributed by atoms with Crippen LogP contribution in [0.25, 0.3) is 11.3 Å². The molecule has 0 radical (unpaired) electrons. The zero-order valence-electron chi connectivity index (χ0n) is 13.3. The van der Waals surface area contributed by atoms with E-state index in [9.17, 15) is 18.7 Å². The number of nitrogens with one attached hydrogen (secondary N) is 1. The third-order valence-corrected chi connectivity index (χ3v) is 3.94. The van der Waals surface area contributed by atoms with Gasteiger partial charge in [0.05, 0.1) is 11.4 Å². The summed E-state index contributed by atoms with van der Waals surface area (Å²) in [6.07, 6.45) is 0. The predicted molar refractivity (Wildman–Crippen MR) is 91.1 cm³/mol. The van der Waals surface area contributed by atoms with Gasteiger partial charge in [-0.15, -0.1) is 0 Å². The number of benzene rings is 2. The van der Waals surface area contributed by atoms with E-state index in [2.05, 4.69) is 0 Å². The Hall–Kier alpha value is -3.28. The van der Waals surface area contributed by atoms with Crippen LogP contribution in [-0.4, -0.2) is 15.4 Å². The summed E-state index contributed by atoms with van der Waals surface area (Å²) >= 11 is 0. The molecule has 0 atom stereocenters. The maximum atomic E-state index is 13.9. The summed E-state index contributed by atoms with van der Waals surface area (Å²) in [7, 11) is 1.47. The third-order valence-electron chi connectivity index (χ3n) is 3.94. The monoisotopic (exact) mass is 340 g/mol. The highest BCUT2D eigenvalue weighted by Gasteiger charge is 2.20. The number of hydrogen-bond donors (Lipinski definition) is 2. The van der Waals surface area contributed by atoms with Gasteiger partial charge in [-0.2, -0.15) is 0 Å². The first-order valence-electron chi connectivity index (χ1n) is 7.43. The fraction of sp³-hybridized carbons (Fsp3) is 0.0526. The molecule has 3 rings (SSSR count). The Morgan fingerprint density at radius 3 is 2.36 bits per heavy atom. The van der Waals surface area contributed by atoms with E-state index in [0.717, 1.165) is 0 Å². The van der Waals surface area contributed by atoms with Crippen molar-refractivity contribution in [2.75, 3.05) is 0 Å². The molecule has 25 heavy (non-hydrogen) atoms. The highest BCUT2D eigenvalue weighted by atomic mass is 19.1. The maximum absolute atomic E-state index is 13.9. The zero-order valence-corrected chi connectivity index (χ0v) is 13.3. The number of nitrogens with zero attached hydrogens (tertiary/aromatic N) is 1. The van der Waals surface area contributed by atoms with E-state index >= 15 is 0 Å². The molecule has 0 aliphatic heterocycles. The van der Waals surface area contributed by atoms with Crippen LogP contribution in [0.15, 0.2) is 59.4 Å². The molecule has 0 spiro atoms. The van der Waals surface area contributed by atoms with Gasteiger partial charge >= 0.3 is 0 Å². The Morgan fingerprint density at radius 1 is 1.08 bits per heavy atom. The van der Waals surface area contributed by atoms with E-state index in [-0.39, 0.29) is 11.1 Å². The standard InChI is InChI=1S/C19H14F2N2O2/c1-23-15(11-6-8-12(20)9-7-11)10-16(24)17(19(23)25)18(22)13-4-2-3-5-14(13)21/h2-10,22,24H,1H3. The van der Waals surface area contributed by atoms with E-state index in [1.807, 2.05) is 0 Å². The molecule has 1 aromatic heterocycles. The molecule has 126 valence electrons. The molecule has 0 unspecified atom stereocenters. The van der Waals surface area contributed by atoms with E-state index in [0.29, 0.717) is 11.3 Å². The second-order valence-corrected chi connectivity index (χ2v) is 5.52. The molecule has 0 amide bonds. The van der Waals surface area contributed by atoms with Crippen LogP contribution in [0.1, 0.15) is 11.1 Å². The van der Waals surface area contributed by atoms with Crippen molar-refractivity contribution in [2.45, 2.75) is 0 Å². The Balaban J connectivity index is 2.17. The average molecular weight is 340 g/mol. The molecule has 2 N–H and O–H groups in total. The minimum atomic E-state index is -0.656. The second kappa shape index (κ2) is 6.32. The van der Waals surface area contributed by atoms with Crippen LogP contribution in [0.3, 0.4) is 0 Å². The molecule has 0 saturated carbocycles. The number of hydrogen-bond acceptors (Lipinski definition) is 3. The normalized spacial score (nSPS) is 10.7. The lowest BCUT2D eigenvalue weighted by atomic mass is 10.0. The van der Waals surface area contributed by atoms with Crippen LogP contribution < -0.4 is 5.56 Å². The minimum absolute atomic E-state index is 0.0792. The fourth-order valence-corrected chi connectivity index (χ4v) is 2.62. The highest BCUT2D eigenvalue weighted by molar-refractivity contribution is 6.12. The number of aromatic nitrogens is 1. The van der Waals surface area contributed by atoms with Gasteiger partial charge in [0.15, 0.2) is 0 Å². The lowest BCUT2D eigenvalue weighted by molar-refractivity contribution is 0.471. The van der Waals surface area contributed by atoms with Crippen molar-refractivity contribution >= 4 is 5.71 Å². The highest BCUT2D eigenvalue weighted by Crippen LogP contribution is 2.25. The van der Waals surface area contributed by atoms with Crippen molar-refractivity contribution in [3.63, 3.8) is 0 Å². The van der Waals surface area contributed by atoms with Crippen LogP contribution >= 0.6 is 0 Å². The summed E-state index contributed by atoms with van der Waals surface area (Å²) in [5.41, 5.74) is -0.537. The second-order valence-electron chi connectivity index (χ2n) is 5.52. The Kier molecular flexibility index (Phi) is 4.19. The molecular formula is C19H14F2N2O2. The van der Waals surface area contributed by atoms with Gasteiger partial charge in [0.1, 0.15) is 22.9 Å². The Bertz CT molecular complexity index is 1020. The van der Waals surface area contributed by atoms with Crippen molar-refractivity contribution in [3.8, 4) is 17.0 Å². The van der Waals surface area contributed by atoms with Gasteiger partial charge in [-0.3, -0.25) is 10.2 Å². The van der Waals surface area contributed by atoms with Gasteiger partial charge in [-0.05, 0) is 42.0 Å². The Labute approximate surface area is 142 Å². The molecular weight excluding hydrogens is 326 g/mol. The number of rotatable bonds is 3. The first-order chi connectivity index (χ1) is 11.9. The molecule has 0 fully saturated rings. The number of aromatic hydroxyl groups is 1. The van der Waals surface area contributed by atoms with E-state index in [1.165, 1.54) is 60.1 Å². The van der Waals surface area contributed by atoms with Crippen molar-refractivity contribution in [1.82, 2.24) is 4.57 Å². The van der Waals surface area contributed by atoms with Gasteiger partial charge in [-0.25, -0.2) is 8.78 Å². The summed E-state index contributed by atoms with van der Waals surface area (Å²) in [6, 6.07) is 12.3. The fourth-order valence-electron chi connectivity index (χ4n) is 2.62. The molecule has 0 bridgehead atoms. The van der Waals surface area contributed by atoms with Crippen LogP contribution in [0.5, 0.6) is 5.75 Å². The van der Waals surface area contributed by atoms with E-state index < -0.39 is 28.7 Å². The molecule has 2 aromatic carbocycles. The zero-order chi connectivity index (χ0) is 18.1. The largest absolute Gasteiger partial charge is 0.507 e. The van der Waals surface area contributed by atoms with Crippen molar-refractivity contribution < 1.29 is 13.9 Å². The van der Waals surface area contributed by atoms with Gasteiger partial charge in [-0.1, -0.05) is 12.1 Å². The first-order valence-corrected chi connectivity index (χ1v) is 7.43. The summed E-state index contributed by atoms with van der Waals surface area (Å²) in [4.78, 5) is 12.6. The predicted octanol–water partition coefficient (Wildman–Crippen LogP) is 3.45. The molecule has 3 aromatic rings. The molecule has 4 nitrogen and oxygen atoms in total. The van der Waals surface area contributed by atoms with Gasteiger partial charge < -0.3 is 9.67 Å². The lowest BCUT2D eigenvalue weighted by Crippen LogP contribution is -2.26. The summed E-state index contributed by atoms with van der Waals surface area (Å²) in [5, 5.41) is 18.4. The molecule has 6 heteroatoms. The molecule has 1 heterocycles. The number of pyridine rings is 1. The lowest BCUT2D eigenvalue weighted by Gasteiger charge is -2.13. The van der Waals surface area contributed by atoms with Gasteiger partial charge in [0.2, 0.25) is 0 Å². The molecule has 0 saturated heterocycles. The maximum Gasteiger partial charge on any atom is 0.264 e. The summed E-state index contributed by atoms with van der Waals surface area (Å²) < 4.78 is 28.2. The quantitative estimate of drug-likeness (QED) is 0.717. The summed E-state index contributed by atoms with van der Waals surface area (Å²) in [5.74, 6) is -1.51.